The van der Waals surface area contributed by atoms with Crippen LogP contribution in [-0.4, -0.2) is 16.6 Å². The Balaban J connectivity index is 3.25. The maximum Gasteiger partial charge on any atom is 0.323 e. The number of carbonyl (C=O) groups is 1. The Hall–Kier alpha value is -0.830. The second kappa shape index (κ2) is 15.7. The van der Waals surface area contributed by atoms with Gasteiger partial charge in [-0.1, -0.05) is 83.3 Å². The normalized spacial score (nSPS) is 14.1. The summed E-state index contributed by atoms with van der Waals surface area (Å²) >= 11 is 0. The highest BCUT2D eigenvalue weighted by Crippen LogP contribution is 2.14. The minimum atomic E-state index is -1.05. The molecule has 0 aliphatic heterocycles. The molecule has 0 aliphatic carbocycles. The molecule has 24 heavy (non-hydrogen) atoms. The summed E-state index contributed by atoms with van der Waals surface area (Å²) in [6.07, 6.45) is 23.0. The van der Waals surface area contributed by atoms with Crippen molar-refractivity contribution in [3.63, 3.8) is 0 Å². The summed E-state index contributed by atoms with van der Waals surface area (Å²) in [4.78, 5) is 10.9. The van der Waals surface area contributed by atoms with Gasteiger partial charge in [-0.05, 0) is 39.0 Å². The highest BCUT2D eigenvalue weighted by molar-refractivity contribution is 5.77. The Morgan fingerprint density at radius 1 is 0.833 bits per heavy atom. The summed E-state index contributed by atoms with van der Waals surface area (Å²) in [5.41, 5.74) is 4.66. The van der Waals surface area contributed by atoms with Crippen LogP contribution in [0.15, 0.2) is 12.2 Å². The van der Waals surface area contributed by atoms with Crippen molar-refractivity contribution in [2.24, 2.45) is 5.73 Å². The third-order valence-electron chi connectivity index (χ3n) is 4.70. The zero-order valence-corrected chi connectivity index (χ0v) is 16.2. The van der Waals surface area contributed by atoms with Gasteiger partial charge in [-0.2, -0.15) is 0 Å². The van der Waals surface area contributed by atoms with Gasteiger partial charge in [0.05, 0.1) is 0 Å². The second-order valence-corrected chi connectivity index (χ2v) is 7.41. The van der Waals surface area contributed by atoms with E-state index in [9.17, 15) is 4.79 Å². The summed E-state index contributed by atoms with van der Waals surface area (Å²) in [5.74, 6) is -0.893. The molecule has 1 atom stereocenters. The van der Waals surface area contributed by atoms with Gasteiger partial charge in [0.25, 0.3) is 0 Å². The van der Waals surface area contributed by atoms with E-state index in [2.05, 4.69) is 19.1 Å². The van der Waals surface area contributed by atoms with Crippen LogP contribution < -0.4 is 5.73 Å². The third kappa shape index (κ3) is 14.7. The SMILES string of the molecule is CCCCCCCC/C=C\CCCCCCCCC(C)(N)C(=O)O. The first kappa shape index (κ1) is 23.2. The lowest BCUT2D eigenvalue weighted by Crippen LogP contribution is -2.44. The molecule has 3 N–H and O–H groups in total. The Bertz CT molecular complexity index is 324. The number of rotatable bonds is 17. The quantitative estimate of drug-likeness (QED) is 0.244. The van der Waals surface area contributed by atoms with Gasteiger partial charge in [0.1, 0.15) is 5.54 Å². The predicted octanol–water partition coefficient (Wildman–Crippen LogP) is 6.22. The molecule has 142 valence electrons. The number of nitrogens with two attached hydrogens (primary N) is 1. The molecule has 3 heteroatoms. The average molecular weight is 340 g/mol. The average Bonchev–Trinajstić information content (AvgIpc) is 2.54. The van der Waals surface area contributed by atoms with E-state index in [0.29, 0.717) is 6.42 Å². The Kier molecular flexibility index (Phi) is 15.1. The second-order valence-electron chi connectivity index (χ2n) is 7.41. The Morgan fingerprint density at radius 3 is 1.71 bits per heavy atom. The van der Waals surface area contributed by atoms with Crippen molar-refractivity contribution in [2.75, 3.05) is 0 Å². The van der Waals surface area contributed by atoms with Gasteiger partial charge >= 0.3 is 5.97 Å². The first-order valence-corrected chi connectivity index (χ1v) is 10.2. The van der Waals surface area contributed by atoms with E-state index in [4.69, 9.17) is 10.8 Å². The highest BCUT2D eigenvalue weighted by atomic mass is 16.4. The molecule has 0 aromatic rings. The van der Waals surface area contributed by atoms with Crippen LogP contribution >= 0.6 is 0 Å². The summed E-state index contributed by atoms with van der Waals surface area (Å²) < 4.78 is 0. The molecule has 0 aromatic heterocycles. The summed E-state index contributed by atoms with van der Waals surface area (Å²) in [6, 6.07) is 0. The van der Waals surface area contributed by atoms with Crippen molar-refractivity contribution >= 4 is 5.97 Å². The zero-order valence-electron chi connectivity index (χ0n) is 16.2. The number of hydrogen-bond donors (Lipinski definition) is 2. The number of aliphatic carboxylic acids is 1. The van der Waals surface area contributed by atoms with Crippen molar-refractivity contribution < 1.29 is 9.90 Å². The molecular formula is C21H41NO2. The van der Waals surface area contributed by atoms with Crippen LogP contribution in [0.3, 0.4) is 0 Å². The minimum absolute atomic E-state index is 0.573. The van der Waals surface area contributed by atoms with Gasteiger partial charge in [-0.3, -0.25) is 4.79 Å². The van der Waals surface area contributed by atoms with Crippen LogP contribution in [-0.2, 0) is 4.79 Å². The molecular weight excluding hydrogens is 298 g/mol. The van der Waals surface area contributed by atoms with Crippen LogP contribution in [0.4, 0.5) is 0 Å². The highest BCUT2D eigenvalue weighted by Gasteiger charge is 2.26. The minimum Gasteiger partial charge on any atom is -0.480 e. The van der Waals surface area contributed by atoms with Crippen LogP contribution in [0.2, 0.25) is 0 Å². The molecule has 0 amide bonds. The topological polar surface area (TPSA) is 63.3 Å². The van der Waals surface area contributed by atoms with Crippen molar-refractivity contribution in [1.29, 1.82) is 0 Å². The molecule has 0 spiro atoms. The van der Waals surface area contributed by atoms with E-state index in [1.54, 1.807) is 6.92 Å². The van der Waals surface area contributed by atoms with Gasteiger partial charge in [0.15, 0.2) is 0 Å². The van der Waals surface area contributed by atoms with Crippen LogP contribution in [0, 0.1) is 0 Å². The standard InChI is InChI=1S/C21H41NO2/c1-3-4-5-6-7-8-9-10-11-12-13-14-15-16-17-18-19-21(2,22)20(23)24/h10-11H,3-9,12-19,22H2,1-2H3,(H,23,24)/b11-10-. The van der Waals surface area contributed by atoms with Crippen molar-refractivity contribution in [3.8, 4) is 0 Å². The lowest BCUT2D eigenvalue weighted by molar-refractivity contribution is -0.142. The molecule has 0 bridgehead atoms. The molecule has 0 radical (unpaired) electrons. The molecule has 0 saturated carbocycles. The van der Waals surface area contributed by atoms with Crippen molar-refractivity contribution in [2.45, 2.75) is 116 Å². The Labute approximate surface area is 150 Å². The molecule has 0 saturated heterocycles. The smallest absolute Gasteiger partial charge is 0.323 e. The van der Waals surface area contributed by atoms with Gasteiger partial charge in [-0.15, -0.1) is 0 Å². The van der Waals surface area contributed by atoms with Crippen molar-refractivity contribution in [1.82, 2.24) is 0 Å². The predicted molar refractivity (Wildman–Crippen MR) is 104 cm³/mol. The van der Waals surface area contributed by atoms with Crippen LogP contribution in [0.25, 0.3) is 0 Å². The molecule has 0 aromatic carbocycles. The van der Waals surface area contributed by atoms with E-state index in [1.165, 1.54) is 77.0 Å². The lowest BCUT2D eigenvalue weighted by Gasteiger charge is -2.18. The van der Waals surface area contributed by atoms with Crippen molar-refractivity contribution in [3.05, 3.63) is 12.2 Å². The fourth-order valence-corrected chi connectivity index (χ4v) is 2.85. The van der Waals surface area contributed by atoms with Gasteiger partial charge in [0.2, 0.25) is 0 Å². The monoisotopic (exact) mass is 339 g/mol. The van der Waals surface area contributed by atoms with Gasteiger partial charge in [-0.25, -0.2) is 0 Å². The molecule has 0 aliphatic rings. The fourth-order valence-electron chi connectivity index (χ4n) is 2.85. The summed E-state index contributed by atoms with van der Waals surface area (Å²) in [5, 5.41) is 8.94. The van der Waals surface area contributed by atoms with E-state index < -0.39 is 11.5 Å². The van der Waals surface area contributed by atoms with Crippen LogP contribution in [0.1, 0.15) is 110 Å². The molecule has 0 fully saturated rings. The molecule has 0 heterocycles. The van der Waals surface area contributed by atoms with E-state index >= 15 is 0 Å². The summed E-state index contributed by atoms with van der Waals surface area (Å²) in [7, 11) is 0. The van der Waals surface area contributed by atoms with Gasteiger partial charge < -0.3 is 10.8 Å². The summed E-state index contributed by atoms with van der Waals surface area (Å²) in [6.45, 7) is 3.87. The number of hydrogen-bond acceptors (Lipinski definition) is 2. The van der Waals surface area contributed by atoms with E-state index in [1.807, 2.05) is 0 Å². The first-order valence-electron chi connectivity index (χ1n) is 10.2. The number of unbranched alkanes of at least 4 members (excludes halogenated alkanes) is 12. The first-order chi connectivity index (χ1) is 11.5. The third-order valence-corrected chi connectivity index (χ3v) is 4.70. The van der Waals surface area contributed by atoms with Crippen LogP contribution in [0.5, 0.6) is 0 Å². The number of carboxylic acid groups (broad SMARTS) is 1. The largest absolute Gasteiger partial charge is 0.480 e. The zero-order chi connectivity index (χ0) is 18.1. The molecule has 3 nitrogen and oxygen atoms in total. The van der Waals surface area contributed by atoms with E-state index in [0.717, 1.165) is 12.8 Å². The van der Waals surface area contributed by atoms with E-state index in [-0.39, 0.29) is 0 Å². The molecule has 0 rings (SSSR count). The van der Waals surface area contributed by atoms with Gasteiger partial charge in [0, 0.05) is 0 Å². The maximum absolute atomic E-state index is 10.9. The fraction of sp³-hybridized carbons (Fsp3) is 0.857. The lowest BCUT2D eigenvalue weighted by atomic mass is 9.95. The number of allylic oxidation sites excluding steroid dienone is 2. The molecule has 1 unspecified atom stereocenters. The maximum atomic E-state index is 10.9. The number of carboxylic acids is 1. The Morgan fingerprint density at radius 2 is 1.25 bits per heavy atom.